The summed E-state index contributed by atoms with van der Waals surface area (Å²) in [6, 6.07) is 0. The van der Waals surface area contributed by atoms with E-state index in [-0.39, 0.29) is 25.5 Å². The predicted octanol–water partition coefficient (Wildman–Crippen LogP) is -2.66. The van der Waals surface area contributed by atoms with E-state index in [1.807, 2.05) is 0 Å². The van der Waals surface area contributed by atoms with E-state index in [2.05, 4.69) is 15.6 Å². The van der Waals surface area contributed by atoms with Crippen molar-refractivity contribution in [2.24, 2.45) is 11.5 Å². The van der Waals surface area contributed by atoms with Gasteiger partial charge in [0.15, 0.2) is 0 Å². The summed E-state index contributed by atoms with van der Waals surface area (Å²) in [6.45, 7) is 0.0699. The molecule has 2 amide bonds. The minimum atomic E-state index is -0.593. The molecule has 5 N–H and O–H groups in total. The minimum absolute atomic E-state index is 0.0136. The number of amides is 2. The van der Waals surface area contributed by atoms with Crippen molar-refractivity contribution in [2.75, 3.05) is 6.54 Å². The van der Waals surface area contributed by atoms with Gasteiger partial charge in [-0.15, -0.1) is 5.10 Å². The standard InChI is InChI=1S/C7H12N6O2/c8-1-5-3-13(12-11-5)4-7(15)10-2-6(9)14/h3H,1-2,4,8H2,(H2,9,14)(H,10,15). The average molecular weight is 212 g/mol. The van der Waals surface area contributed by atoms with Gasteiger partial charge in [-0.2, -0.15) is 0 Å². The van der Waals surface area contributed by atoms with Crippen molar-refractivity contribution in [3.05, 3.63) is 11.9 Å². The van der Waals surface area contributed by atoms with E-state index in [1.165, 1.54) is 4.68 Å². The molecule has 1 heterocycles. The zero-order chi connectivity index (χ0) is 11.3. The third-order valence-electron chi connectivity index (χ3n) is 1.56. The smallest absolute Gasteiger partial charge is 0.242 e. The third-order valence-corrected chi connectivity index (χ3v) is 1.56. The lowest BCUT2D eigenvalue weighted by atomic mass is 10.5. The van der Waals surface area contributed by atoms with E-state index in [1.54, 1.807) is 6.20 Å². The number of primary amides is 1. The fourth-order valence-electron chi connectivity index (χ4n) is 0.898. The Labute approximate surface area is 85.6 Å². The molecule has 1 aromatic heterocycles. The Balaban J connectivity index is 2.40. The average Bonchev–Trinajstić information content (AvgIpc) is 2.62. The molecule has 1 rings (SSSR count). The minimum Gasteiger partial charge on any atom is -0.368 e. The predicted molar refractivity (Wildman–Crippen MR) is 50.1 cm³/mol. The molecule has 0 atom stereocenters. The molecule has 82 valence electrons. The summed E-state index contributed by atoms with van der Waals surface area (Å²) in [7, 11) is 0. The van der Waals surface area contributed by atoms with Crippen molar-refractivity contribution in [2.45, 2.75) is 13.1 Å². The molecule has 1 aromatic rings. The summed E-state index contributed by atoms with van der Waals surface area (Å²) in [4.78, 5) is 21.5. The molecule has 0 unspecified atom stereocenters. The summed E-state index contributed by atoms with van der Waals surface area (Å²) in [5.74, 6) is -0.952. The number of nitrogens with one attached hydrogen (secondary N) is 1. The number of hydrogen-bond donors (Lipinski definition) is 3. The number of carbonyl (C=O) groups is 2. The van der Waals surface area contributed by atoms with Crippen LogP contribution < -0.4 is 16.8 Å². The molecule has 0 saturated carbocycles. The number of aromatic nitrogens is 3. The number of nitrogens with zero attached hydrogens (tertiary/aromatic N) is 3. The zero-order valence-electron chi connectivity index (χ0n) is 8.01. The molecule has 0 fully saturated rings. The second-order valence-corrected chi connectivity index (χ2v) is 2.85. The Hall–Kier alpha value is -1.96. The summed E-state index contributed by atoms with van der Waals surface area (Å²) in [6.07, 6.45) is 1.56. The largest absolute Gasteiger partial charge is 0.368 e. The van der Waals surface area contributed by atoms with Gasteiger partial charge in [0, 0.05) is 6.54 Å². The van der Waals surface area contributed by atoms with Gasteiger partial charge in [-0.25, -0.2) is 4.68 Å². The summed E-state index contributed by atoms with van der Waals surface area (Å²) in [5, 5.41) is 9.69. The van der Waals surface area contributed by atoms with Gasteiger partial charge in [-0.05, 0) is 0 Å². The van der Waals surface area contributed by atoms with Gasteiger partial charge in [0.25, 0.3) is 0 Å². The molecule has 0 bridgehead atoms. The second-order valence-electron chi connectivity index (χ2n) is 2.85. The molecule has 0 aliphatic carbocycles. The molecular weight excluding hydrogens is 200 g/mol. The molecule has 0 aliphatic heterocycles. The highest BCUT2D eigenvalue weighted by atomic mass is 16.2. The van der Waals surface area contributed by atoms with Crippen LogP contribution in [0, 0.1) is 0 Å². The molecule has 8 heteroatoms. The first-order chi connectivity index (χ1) is 7.11. The van der Waals surface area contributed by atoms with Crippen LogP contribution in [0.2, 0.25) is 0 Å². The van der Waals surface area contributed by atoms with Gasteiger partial charge in [0.05, 0.1) is 18.4 Å². The Kier molecular flexibility index (Phi) is 3.75. The van der Waals surface area contributed by atoms with Crippen molar-refractivity contribution in [3.63, 3.8) is 0 Å². The summed E-state index contributed by atoms with van der Waals surface area (Å²) < 4.78 is 1.33. The van der Waals surface area contributed by atoms with Crippen molar-refractivity contribution < 1.29 is 9.59 Å². The Morgan fingerprint density at radius 1 is 1.53 bits per heavy atom. The van der Waals surface area contributed by atoms with Crippen molar-refractivity contribution >= 4 is 11.8 Å². The lowest BCUT2D eigenvalue weighted by molar-refractivity contribution is -0.125. The molecule has 0 aromatic carbocycles. The molecule has 0 aliphatic rings. The fourth-order valence-corrected chi connectivity index (χ4v) is 0.898. The fraction of sp³-hybridized carbons (Fsp3) is 0.429. The van der Waals surface area contributed by atoms with Gasteiger partial charge in [-0.3, -0.25) is 9.59 Å². The summed E-state index contributed by atoms with van der Waals surface area (Å²) in [5.41, 5.74) is 10.8. The Morgan fingerprint density at radius 2 is 2.27 bits per heavy atom. The Bertz CT molecular complexity index is 360. The zero-order valence-corrected chi connectivity index (χ0v) is 8.01. The van der Waals surface area contributed by atoms with Crippen LogP contribution >= 0.6 is 0 Å². The van der Waals surface area contributed by atoms with Gasteiger partial charge >= 0.3 is 0 Å². The molecule has 8 nitrogen and oxygen atoms in total. The van der Waals surface area contributed by atoms with Crippen LogP contribution in [0.15, 0.2) is 6.20 Å². The van der Waals surface area contributed by atoms with E-state index in [0.717, 1.165) is 0 Å². The van der Waals surface area contributed by atoms with Crippen molar-refractivity contribution in [1.29, 1.82) is 0 Å². The van der Waals surface area contributed by atoms with Crippen molar-refractivity contribution in [3.8, 4) is 0 Å². The molecule has 15 heavy (non-hydrogen) atoms. The van der Waals surface area contributed by atoms with Gasteiger partial charge in [-0.1, -0.05) is 5.21 Å². The monoisotopic (exact) mass is 212 g/mol. The quantitative estimate of drug-likeness (QED) is 0.490. The first kappa shape index (κ1) is 11.1. The van der Waals surface area contributed by atoms with E-state index < -0.39 is 5.91 Å². The topological polar surface area (TPSA) is 129 Å². The third kappa shape index (κ3) is 3.73. The molecule has 0 spiro atoms. The van der Waals surface area contributed by atoms with E-state index in [9.17, 15) is 9.59 Å². The van der Waals surface area contributed by atoms with Crippen LogP contribution in [-0.4, -0.2) is 33.4 Å². The molecule has 0 radical (unpaired) electrons. The van der Waals surface area contributed by atoms with Crippen LogP contribution in [0.1, 0.15) is 5.69 Å². The highest BCUT2D eigenvalue weighted by Gasteiger charge is 2.05. The maximum absolute atomic E-state index is 11.2. The SMILES string of the molecule is NCc1cn(CC(=O)NCC(N)=O)nn1. The number of nitrogens with two attached hydrogens (primary N) is 2. The lowest BCUT2D eigenvalue weighted by Crippen LogP contribution is -2.35. The van der Waals surface area contributed by atoms with Gasteiger partial charge in [0.1, 0.15) is 6.54 Å². The normalized spacial score (nSPS) is 9.93. The van der Waals surface area contributed by atoms with Crippen LogP contribution in [0.4, 0.5) is 0 Å². The maximum Gasteiger partial charge on any atom is 0.242 e. The number of rotatable bonds is 5. The van der Waals surface area contributed by atoms with Crippen LogP contribution in [0.5, 0.6) is 0 Å². The van der Waals surface area contributed by atoms with Gasteiger partial charge < -0.3 is 16.8 Å². The van der Waals surface area contributed by atoms with Gasteiger partial charge in [0.2, 0.25) is 11.8 Å². The first-order valence-corrected chi connectivity index (χ1v) is 4.26. The van der Waals surface area contributed by atoms with Crippen LogP contribution in [0.25, 0.3) is 0 Å². The first-order valence-electron chi connectivity index (χ1n) is 4.26. The van der Waals surface area contributed by atoms with E-state index >= 15 is 0 Å². The summed E-state index contributed by atoms with van der Waals surface area (Å²) >= 11 is 0. The number of carbonyl (C=O) groups excluding carboxylic acids is 2. The molecular formula is C7H12N6O2. The van der Waals surface area contributed by atoms with Crippen LogP contribution in [-0.2, 0) is 22.7 Å². The Morgan fingerprint density at radius 3 is 2.80 bits per heavy atom. The van der Waals surface area contributed by atoms with Crippen LogP contribution in [0.3, 0.4) is 0 Å². The van der Waals surface area contributed by atoms with E-state index in [0.29, 0.717) is 5.69 Å². The highest BCUT2D eigenvalue weighted by Crippen LogP contribution is 1.90. The maximum atomic E-state index is 11.2. The lowest BCUT2D eigenvalue weighted by Gasteiger charge is -2.01. The second kappa shape index (κ2) is 5.05. The highest BCUT2D eigenvalue weighted by molar-refractivity contribution is 5.83. The van der Waals surface area contributed by atoms with Crippen molar-refractivity contribution in [1.82, 2.24) is 20.3 Å². The number of hydrogen-bond acceptors (Lipinski definition) is 5. The van der Waals surface area contributed by atoms with E-state index in [4.69, 9.17) is 11.5 Å². The molecule has 0 saturated heterocycles.